The van der Waals surface area contributed by atoms with Crippen LogP contribution in [0, 0.1) is 0 Å². The summed E-state index contributed by atoms with van der Waals surface area (Å²) in [4.78, 5) is 4.54. The number of thioether (sulfide) groups is 1. The molecule has 0 aliphatic carbocycles. The van der Waals surface area contributed by atoms with Crippen LogP contribution in [-0.2, 0) is 6.54 Å². The van der Waals surface area contributed by atoms with Gasteiger partial charge in [0.25, 0.3) is 0 Å². The first kappa shape index (κ1) is 12.8. The molecule has 0 radical (unpaired) electrons. The van der Waals surface area contributed by atoms with Gasteiger partial charge in [-0.15, -0.1) is 0 Å². The Morgan fingerprint density at radius 3 is 3.11 bits per heavy atom. The average molecular weight is 277 g/mol. The number of nitrogens with zero attached hydrogens (tertiary/aromatic N) is 2. The largest absolute Gasteiger partial charge is 0.399 e. The van der Waals surface area contributed by atoms with Crippen LogP contribution in [0.3, 0.4) is 0 Å². The van der Waals surface area contributed by atoms with E-state index >= 15 is 0 Å². The molecule has 4 nitrogen and oxygen atoms in total. The van der Waals surface area contributed by atoms with Gasteiger partial charge in [-0.3, -0.25) is 0 Å². The standard InChI is InChI=1S/C14H19N3OS/c1-9(18)14-16-12-7-10(15)4-5-13(12)17(14)8-11-3-2-6-19-11/h4-5,7,9,11,18H,2-3,6,8,15H2,1H3. The van der Waals surface area contributed by atoms with E-state index in [0.717, 1.165) is 23.4 Å². The number of nitrogens with two attached hydrogens (primary N) is 1. The predicted molar refractivity (Wildman–Crippen MR) is 80.3 cm³/mol. The van der Waals surface area contributed by atoms with Gasteiger partial charge in [0.15, 0.2) is 0 Å². The normalized spacial score (nSPS) is 21.1. The van der Waals surface area contributed by atoms with E-state index in [1.165, 1.54) is 18.6 Å². The summed E-state index contributed by atoms with van der Waals surface area (Å²) < 4.78 is 2.16. The highest BCUT2D eigenvalue weighted by Crippen LogP contribution is 2.30. The third-order valence-corrected chi connectivity index (χ3v) is 4.97. The van der Waals surface area contributed by atoms with Gasteiger partial charge in [0.1, 0.15) is 11.9 Å². The van der Waals surface area contributed by atoms with E-state index in [1.54, 1.807) is 6.92 Å². The maximum atomic E-state index is 9.93. The SMILES string of the molecule is CC(O)c1nc2cc(N)ccc2n1CC1CCCS1. The van der Waals surface area contributed by atoms with Gasteiger partial charge in [-0.25, -0.2) is 4.98 Å². The molecular weight excluding hydrogens is 258 g/mol. The Kier molecular flexibility index (Phi) is 3.41. The van der Waals surface area contributed by atoms with Gasteiger partial charge in [0.05, 0.1) is 11.0 Å². The quantitative estimate of drug-likeness (QED) is 0.846. The average Bonchev–Trinajstić information content (AvgIpc) is 2.97. The molecular formula is C14H19N3OS. The van der Waals surface area contributed by atoms with Crippen LogP contribution in [0.2, 0.25) is 0 Å². The summed E-state index contributed by atoms with van der Waals surface area (Å²) in [6, 6.07) is 5.77. The highest BCUT2D eigenvalue weighted by molar-refractivity contribution is 8.00. The molecule has 1 fully saturated rings. The molecule has 0 saturated carbocycles. The van der Waals surface area contributed by atoms with Gasteiger partial charge in [-0.2, -0.15) is 11.8 Å². The predicted octanol–water partition coefficient (Wildman–Crippen LogP) is 2.57. The molecule has 2 aromatic rings. The summed E-state index contributed by atoms with van der Waals surface area (Å²) in [5.41, 5.74) is 8.46. The third kappa shape index (κ3) is 2.44. The Morgan fingerprint density at radius 1 is 1.58 bits per heavy atom. The number of aliphatic hydroxyl groups is 1. The fourth-order valence-electron chi connectivity index (χ4n) is 2.67. The molecule has 0 bridgehead atoms. The summed E-state index contributed by atoms with van der Waals surface area (Å²) in [7, 11) is 0. The second-order valence-electron chi connectivity index (χ2n) is 5.14. The van der Waals surface area contributed by atoms with Gasteiger partial charge in [-0.1, -0.05) is 0 Å². The summed E-state index contributed by atoms with van der Waals surface area (Å²) in [5, 5.41) is 10.6. The molecule has 1 aliphatic rings. The number of anilines is 1. The highest BCUT2D eigenvalue weighted by Gasteiger charge is 2.21. The van der Waals surface area contributed by atoms with Crippen LogP contribution in [-0.4, -0.2) is 25.7 Å². The minimum absolute atomic E-state index is 0.556. The van der Waals surface area contributed by atoms with E-state index in [-0.39, 0.29) is 0 Å². The van der Waals surface area contributed by atoms with Crippen LogP contribution in [0.1, 0.15) is 31.7 Å². The van der Waals surface area contributed by atoms with Gasteiger partial charge < -0.3 is 15.4 Å². The Morgan fingerprint density at radius 2 is 2.42 bits per heavy atom. The van der Waals surface area contributed by atoms with Crippen LogP contribution >= 0.6 is 11.8 Å². The third-order valence-electron chi connectivity index (χ3n) is 3.59. The number of benzene rings is 1. The zero-order valence-electron chi connectivity index (χ0n) is 11.0. The van der Waals surface area contributed by atoms with Crippen molar-refractivity contribution in [2.75, 3.05) is 11.5 Å². The molecule has 0 spiro atoms. The summed E-state index contributed by atoms with van der Waals surface area (Å²) in [5.74, 6) is 1.99. The van der Waals surface area contributed by atoms with Crippen molar-refractivity contribution in [1.29, 1.82) is 0 Å². The highest BCUT2D eigenvalue weighted by atomic mass is 32.2. The van der Waals surface area contributed by atoms with Gasteiger partial charge in [-0.05, 0) is 43.7 Å². The van der Waals surface area contributed by atoms with Crippen molar-refractivity contribution in [2.24, 2.45) is 0 Å². The van der Waals surface area contributed by atoms with E-state index in [0.29, 0.717) is 10.9 Å². The van der Waals surface area contributed by atoms with Gasteiger partial charge >= 0.3 is 0 Å². The van der Waals surface area contributed by atoms with Crippen molar-refractivity contribution in [3.05, 3.63) is 24.0 Å². The molecule has 1 aliphatic heterocycles. The van der Waals surface area contributed by atoms with E-state index in [4.69, 9.17) is 5.73 Å². The smallest absolute Gasteiger partial charge is 0.138 e. The van der Waals surface area contributed by atoms with E-state index in [2.05, 4.69) is 9.55 Å². The zero-order valence-corrected chi connectivity index (χ0v) is 11.9. The second-order valence-corrected chi connectivity index (χ2v) is 6.55. The van der Waals surface area contributed by atoms with Crippen molar-refractivity contribution < 1.29 is 5.11 Å². The minimum Gasteiger partial charge on any atom is -0.399 e. The molecule has 19 heavy (non-hydrogen) atoms. The second kappa shape index (κ2) is 5.06. The van der Waals surface area contributed by atoms with E-state index in [1.807, 2.05) is 30.0 Å². The van der Waals surface area contributed by atoms with Crippen LogP contribution in [0.5, 0.6) is 0 Å². The number of fused-ring (bicyclic) bond motifs is 1. The fraction of sp³-hybridized carbons (Fsp3) is 0.500. The molecule has 5 heteroatoms. The maximum Gasteiger partial charge on any atom is 0.138 e. The van der Waals surface area contributed by atoms with Crippen LogP contribution in [0.15, 0.2) is 18.2 Å². The first-order chi connectivity index (χ1) is 9.15. The first-order valence-electron chi connectivity index (χ1n) is 6.70. The number of hydrogen-bond donors (Lipinski definition) is 2. The lowest BCUT2D eigenvalue weighted by Gasteiger charge is -2.15. The molecule has 0 amide bonds. The van der Waals surface area contributed by atoms with Crippen LogP contribution in [0.4, 0.5) is 5.69 Å². The monoisotopic (exact) mass is 277 g/mol. The maximum absolute atomic E-state index is 9.93. The lowest BCUT2D eigenvalue weighted by Crippen LogP contribution is -2.14. The minimum atomic E-state index is -0.556. The molecule has 1 aromatic carbocycles. The Labute approximate surface area is 117 Å². The fourth-order valence-corrected chi connectivity index (χ4v) is 3.92. The Bertz CT molecular complexity index is 588. The van der Waals surface area contributed by atoms with Gasteiger partial charge in [0.2, 0.25) is 0 Å². The zero-order chi connectivity index (χ0) is 13.4. The van der Waals surface area contributed by atoms with Gasteiger partial charge in [0, 0.05) is 17.5 Å². The lowest BCUT2D eigenvalue weighted by molar-refractivity contribution is 0.184. The Hall–Kier alpha value is -1.20. The molecule has 3 rings (SSSR count). The van der Waals surface area contributed by atoms with Crippen molar-refractivity contribution in [2.45, 2.75) is 37.7 Å². The summed E-state index contributed by atoms with van der Waals surface area (Å²) in [6.07, 6.45) is 1.98. The molecule has 3 N–H and O–H groups in total. The molecule has 2 atom stereocenters. The van der Waals surface area contributed by atoms with E-state index in [9.17, 15) is 5.11 Å². The van der Waals surface area contributed by atoms with Crippen LogP contribution < -0.4 is 5.73 Å². The van der Waals surface area contributed by atoms with Crippen molar-refractivity contribution >= 4 is 28.5 Å². The molecule has 1 saturated heterocycles. The Balaban J connectivity index is 2.05. The molecule has 2 heterocycles. The van der Waals surface area contributed by atoms with Crippen molar-refractivity contribution in [3.8, 4) is 0 Å². The first-order valence-corrected chi connectivity index (χ1v) is 7.75. The van der Waals surface area contributed by atoms with E-state index < -0.39 is 6.10 Å². The van der Waals surface area contributed by atoms with Crippen molar-refractivity contribution in [3.63, 3.8) is 0 Å². The lowest BCUT2D eigenvalue weighted by atomic mass is 10.2. The summed E-state index contributed by atoms with van der Waals surface area (Å²) >= 11 is 2.02. The summed E-state index contributed by atoms with van der Waals surface area (Å²) in [6.45, 7) is 2.69. The number of imidazole rings is 1. The number of hydrogen-bond acceptors (Lipinski definition) is 4. The molecule has 1 aromatic heterocycles. The topological polar surface area (TPSA) is 64.1 Å². The number of nitrogen functional groups attached to an aromatic ring is 1. The molecule has 102 valence electrons. The van der Waals surface area contributed by atoms with Crippen molar-refractivity contribution in [1.82, 2.24) is 9.55 Å². The van der Waals surface area contributed by atoms with Crippen LogP contribution in [0.25, 0.3) is 11.0 Å². The number of rotatable bonds is 3. The molecule has 2 unspecified atom stereocenters. The number of aromatic nitrogens is 2. The number of aliphatic hydroxyl groups excluding tert-OH is 1.